The highest BCUT2D eigenvalue weighted by molar-refractivity contribution is 5.78. The van der Waals surface area contributed by atoms with E-state index >= 15 is 0 Å². The van der Waals surface area contributed by atoms with Crippen LogP contribution in [0.15, 0.2) is 22.7 Å². The molecule has 0 radical (unpaired) electrons. The summed E-state index contributed by atoms with van der Waals surface area (Å²) in [6, 6.07) is 6.23. The van der Waals surface area contributed by atoms with Gasteiger partial charge in [0.15, 0.2) is 6.61 Å². The molecule has 3 aliphatic rings. The Morgan fingerprint density at radius 1 is 1.14 bits per heavy atom. The molecule has 3 saturated heterocycles. The first-order valence-corrected chi connectivity index (χ1v) is 10.5. The lowest BCUT2D eigenvalue weighted by molar-refractivity contribution is -0.137. The topological polar surface area (TPSA) is 58.8 Å². The number of hydrogen-bond acceptors (Lipinski definition) is 5. The number of amides is 1. The van der Waals surface area contributed by atoms with E-state index in [1.165, 1.54) is 23.1 Å². The fraction of sp³-hybridized carbons (Fsp3) is 0.565. The quantitative estimate of drug-likeness (QED) is 0.774. The Kier molecular flexibility index (Phi) is 5.63. The average molecular weight is 398 g/mol. The first-order chi connectivity index (χ1) is 13.9. The predicted molar refractivity (Wildman–Crippen MR) is 111 cm³/mol. The molecule has 0 saturated carbocycles. The van der Waals surface area contributed by atoms with Crippen LogP contribution in [-0.2, 0) is 11.3 Å². The highest BCUT2D eigenvalue weighted by Crippen LogP contribution is 2.30. The van der Waals surface area contributed by atoms with Crippen molar-refractivity contribution in [3.8, 4) is 5.75 Å². The van der Waals surface area contributed by atoms with Gasteiger partial charge in [-0.2, -0.15) is 0 Å². The number of carbonyl (C=O) groups is 1. The van der Waals surface area contributed by atoms with E-state index in [0.717, 1.165) is 49.8 Å². The second-order valence-corrected chi connectivity index (χ2v) is 8.67. The van der Waals surface area contributed by atoms with Crippen LogP contribution >= 0.6 is 0 Å². The van der Waals surface area contributed by atoms with Gasteiger partial charge in [0.1, 0.15) is 11.5 Å². The zero-order valence-electron chi connectivity index (χ0n) is 17.9. The third-order valence-electron chi connectivity index (χ3n) is 6.51. The van der Waals surface area contributed by atoms with E-state index in [1.54, 1.807) is 0 Å². The molecule has 4 heterocycles. The van der Waals surface area contributed by atoms with Crippen LogP contribution in [0.4, 0.5) is 0 Å². The normalized spacial score (nSPS) is 22.0. The zero-order valence-corrected chi connectivity index (χ0v) is 17.9. The van der Waals surface area contributed by atoms with E-state index in [1.807, 2.05) is 32.0 Å². The summed E-state index contributed by atoms with van der Waals surface area (Å²) >= 11 is 0. The molecule has 1 amide bonds. The van der Waals surface area contributed by atoms with E-state index in [9.17, 15) is 4.79 Å². The molecular weight excluding hydrogens is 366 g/mol. The fourth-order valence-corrected chi connectivity index (χ4v) is 4.60. The number of nitrogens with zero attached hydrogens (tertiary/aromatic N) is 3. The smallest absolute Gasteiger partial charge is 0.260 e. The Balaban J connectivity index is 1.39. The maximum Gasteiger partial charge on any atom is 0.260 e. The third kappa shape index (κ3) is 4.32. The van der Waals surface area contributed by atoms with Gasteiger partial charge in [-0.15, -0.1) is 0 Å². The molecule has 156 valence electrons. The summed E-state index contributed by atoms with van der Waals surface area (Å²) in [7, 11) is 0. The van der Waals surface area contributed by atoms with E-state index < -0.39 is 0 Å². The van der Waals surface area contributed by atoms with Crippen molar-refractivity contribution >= 4 is 5.91 Å². The number of aryl methyl sites for hydroxylation is 4. The van der Waals surface area contributed by atoms with E-state index in [2.05, 4.69) is 28.8 Å². The molecule has 3 fully saturated rings. The van der Waals surface area contributed by atoms with Gasteiger partial charge in [0.05, 0.1) is 5.69 Å². The number of fused-ring (bicyclic) bond motifs is 4. The van der Waals surface area contributed by atoms with E-state index in [4.69, 9.17) is 9.26 Å². The number of piperidine rings is 1. The molecule has 1 aromatic heterocycles. The maximum absolute atomic E-state index is 13.0. The van der Waals surface area contributed by atoms with Gasteiger partial charge in [0, 0.05) is 37.8 Å². The molecule has 6 nitrogen and oxygen atoms in total. The van der Waals surface area contributed by atoms with Crippen molar-refractivity contribution in [3.63, 3.8) is 0 Å². The molecule has 2 aromatic rings. The Hall–Kier alpha value is -2.34. The van der Waals surface area contributed by atoms with Gasteiger partial charge in [-0.1, -0.05) is 11.2 Å². The minimum absolute atomic E-state index is 0.0946. The van der Waals surface area contributed by atoms with Gasteiger partial charge in [-0.25, -0.2) is 0 Å². The third-order valence-corrected chi connectivity index (χ3v) is 6.51. The lowest BCUT2D eigenvalue weighted by Gasteiger charge is -2.36. The Morgan fingerprint density at radius 2 is 1.97 bits per heavy atom. The second kappa shape index (κ2) is 8.19. The summed E-state index contributed by atoms with van der Waals surface area (Å²) in [6.07, 6.45) is 2.25. The van der Waals surface area contributed by atoms with Crippen LogP contribution in [0, 0.1) is 33.6 Å². The number of aromatic nitrogens is 1. The molecule has 2 atom stereocenters. The Labute approximate surface area is 172 Å². The summed E-state index contributed by atoms with van der Waals surface area (Å²) in [6.45, 7) is 11.8. The van der Waals surface area contributed by atoms with Gasteiger partial charge < -0.3 is 14.2 Å². The molecule has 29 heavy (non-hydrogen) atoms. The first-order valence-electron chi connectivity index (χ1n) is 10.5. The van der Waals surface area contributed by atoms with Crippen molar-refractivity contribution in [2.24, 2.45) is 5.92 Å². The summed E-state index contributed by atoms with van der Waals surface area (Å²) in [4.78, 5) is 17.5. The average Bonchev–Trinajstić information content (AvgIpc) is 2.88. The minimum atomic E-state index is 0.0946. The van der Waals surface area contributed by atoms with E-state index in [0.29, 0.717) is 5.92 Å². The van der Waals surface area contributed by atoms with Crippen molar-refractivity contribution in [1.82, 2.24) is 15.0 Å². The first kappa shape index (κ1) is 20.0. The summed E-state index contributed by atoms with van der Waals surface area (Å²) in [5.74, 6) is 2.27. The van der Waals surface area contributed by atoms with Crippen LogP contribution in [0.2, 0.25) is 0 Å². The van der Waals surface area contributed by atoms with Crippen molar-refractivity contribution in [3.05, 3.63) is 46.3 Å². The van der Waals surface area contributed by atoms with Crippen molar-refractivity contribution in [2.75, 3.05) is 26.2 Å². The standard InChI is InChI=1S/C23H31N3O3/c1-15-5-8-21(9-16(15)2)28-14-23(27)26-11-19-6-7-20(26)12-25(10-19)13-22-17(3)24-29-18(22)4/h5,8-9,19-20H,6-7,10-14H2,1-4H3/t19-,20+/m1/s1. The van der Waals surface area contributed by atoms with E-state index in [-0.39, 0.29) is 18.6 Å². The fourth-order valence-electron chi connectivity index (χ4n) is 4.60. The second-order valence-electron chi connectivity index (χ2n) is 8.67. The van der Waals surface area contributed by atoms with Crippen molar-refractivity contribution < 1.29 is 14.1 Å². The molecule has 2 bridgehead atoms. The number of benzene rings is 1. The van der Waals surface area contributed by atoms with Crippen LogP contribution in [0.5, 0.6) is 5.75 Å². The molecular formula is C23H31N3O3. The number of hydrogen-bond donors (Lipinski definition) is 0. The van der Waals surface area contributed by atoms with Gasteiger partial charge in [0.25, 0.3) is 5.91 Å². The Morgan fingerprint density at radius 3 is 2.69 bits per heavy atom. The molecule has 3 aliphatic heterocycles. The van der Waals surface area contributed by atoms with Gasteiger partial charge >= 0.3 is 0 Å². The Bertz CT molecular complexity index is 872. The molecule has 6 heteroatoms. The number of rotatable bonds is 5. The predicted octanol–water partition coefficient (Wildman–Crippen LogP) is 3.41. The molecule has 5 rings (SSSR count). The maximum atomic E-state index is 13.0. The van der Waals surface area contributed by atoms with Crippen molar-refractivity contribution in [2.45, 2.75) is 53.1 Å². The summed E-state index contributed by atoms with van der Waals surface area (Å²) in [5.41, 5.74) is 4.56. The monoisotopic (exact) mass is 397 g/mol. The summed E-state index contributed by atoms with van der Waals surface area (Å²) < 4.78 is 11.2. The van der Waals surface area contributed by atoms with Gasteiger partial charge in [-0.05, 0) is 69.7 Å². The molecule has 0 aliphatic carbocycles. The van der Waals surface area contributed by atoms with Crippen LogP contribution in [0.1, 0.15) is 41.0 Å². The highest BCUT2D eigenvalue weighted by Gasteiger charge is 2.37. The molecule has 0 unspecified atom stereocenters. The lowest BCUT2D eigenvalue weighted by atomic mass is 9.95. The zero-order chi connectivity index (χ0) is 20.5. The van der Waals surface area contributed by atoms with Crippen molar-refractivity contribution in [1.29, 1.82) is 0 Å². The van der Waals surface area contributed by atoms with Gasteiger partial charge in [-0.3, -0.25) is 9.69 Å². The highest BCUT2D eigenvalue weighted by atomic mass is 16.5. The number of carbonyl (C=O) groups excluding carboxylic acids is 1. The molecule has 0 spiro atoms. The largest absolute Gasteiger partial charge is 0.484 e. The lowest BCUT2D eigenvalue weighted by Crippen LogP contribution is -2.49. The van der Waals surface area contributed by atoms with Crippen LogP contribution in [0.3, 0.4) is 0 Å². The number of ether oxygens (including phenoxy) is 1. The van der Waals surface area contributed by atoms with Gasteiger partial charge in [0.2, 0.25) is 0 Å². The van der Waals surface area contributed by atoms with Crippen LogP contribution < -0.4 is 4.74 Å². The molecule has 1 aromatic carbocycles. The molecule has 0 N–H and O–H groups in total. The van der Waals surface area contributed by atoms with Crippen LogP contribution in [0.25, 0.3) is 0 Å². The summed E-state index contributed by atoms with van der Waals surface area (Å²) in [5, 5.41) is 4.08. The minimum Gasteiger partial charge on any atom is -0.484 e. The SMILES string of the molecule is Cc1ccc(OCC(=O)N2C[C@@H]3CC[C@H]2CN(Cc2c(C)noc2C)C3)cc1C. The van der Waals surface area contributed by atoms with Crippen LogP contribution in [-0.4, -0.2) is 53.1 Å².